The van der Waals surface area contributed by atoms with E-state index in [4.69, 9.17) is 11.6 Å². The lowest BCUT2D eigenvalue weighted by Gasteiger charge is -2.20. The maximum Gasteiger partial charge on any atom is 0.324 e. The van der Waals surface area contributed by atoms with Crippen LogP contribution in [-0.2, 0) is 19.6 Å². The minimum absolute atomic E-state index is 0.158. The molecule has 8 nitrogen and oxygen atoms in total. The normalized spacial score (nSPS) is 19.6. The van der Waals surface area contributed by atoms with Gasteiger partial charge in [-0.3, -0.25) is 14.9 Å². The number of methoxy groups -OCH3 is 1. The first kappa shape index (κ1) is 16.1. The molecule has 0 N–H and O–H groups in total. The molecule has 21 heavy (non-hydrogen) atoms. The SMILES string of the molecule is COC(=O)C1CCCN1S(=O)(=O)c1cc([N+](=O)[O-])c(Cl)s1. The molecule has 0 amide bonds. The number of esters is 1. The number of sulfonamides is 1. The van der Waals surface area contributed by atoms with Crippen LogP contribution in [0.3, 0.4) is 0 Å². The number of carbonyl (C=O) groups excluding carboxylic acids is 1. The summed E-state index contributed by atoms with van der Waals surface area (Å²) < 4.78 is 30.1. The van der Waals surface area contributed by atoms with Crippen molar-refractivity contribution in [3.05, 3.63) is 20.5 Å². The van der Waals surface area contributed by atoms with Crippen molar-refractivity contribution in [2.24, 2.45) is 0 Å². The smallest absolute Gasteiger partial charge is 0.324 e. The number of nitrogens with zero attached hydrogens (tertiary/aromatic N) is 2. The third kappa shape index (κ3) is 2.89. The molecule has 1 saturated heterocycles. The van der Waals surface area contributed by atoms with Crippen LogP contribution in [0.2, 0.25) is 4.34 Å². The predicted molar refractivity (Wildman–Crippen MR) is 74.9 cm³/mol. The molecule has 1 atom stereocenters. The van der Waals surface area contributed by atoms with E-state index in [2.05, 4.69) is 4.74 Å². The van der Waals surface area contributed by atoms with Crippen LogP contribution in [0.4, 0.5) is 5.69 Å². The summed E-state index contributed by atoms with van der Waals surface area (Å²) in [6.07, 6.45) is 0.868. The van der Waals surface area contributed by atoms with Gasteiger partial charge in [-0.25, -0.2) is 8.42 Å². The van der Waals surface area contributed by atoms with E-state index in [1.54, 1.807) is 0 Å². The largest absolute Gasteiger partial charge is 0.468 e. The monoisotopic (exact) mass is 354 g/mol. The fourth-order valence-electron chi connectivity index (χ4n) is 2.11. The molecule has 0 aromatic carbocycles. The second kappa shape index (κ2) is 5.87. The summed E-state index contributed by atoms with van der Waals surface area (Å²) in [6, 6.07) is 0.00886. The van der Waals surface area contributed by atoms with Gasteiger partial charge in [0, 0.05) is 12.6 Å². The van der Waals surface area contributed by atoms with Gasteiger partial charge in [-0.15, -0.1) is 11.3 Å². The van der Waals surface area contributed by atoms with Crippen LogP contribution in [0.5, 0.6) is 0 Å². The summed E-state index contributed by atoms with van der Waals surface area (Å²) >= 11 is 6.28. The van der Waals surface area contributed by atoms with Crippen LogP contribution in [-0.4, -0.2) is 43.3 Å². The average Bonchev–Trinajstić information content (AvgIpc) is 3.04. The Labute approximate surface area is 129 Å². The van der Waals surface area contributed by atoms with Gasteiger partial charge >= 0.3 is 5.97 Å². The van der Waals surface area contributed by atoms with Crippen molar-refractivity contribution in [3.8, 4) is 0 Å². The third-order valence-corrected chi connectivity index (χ3v) is 6.78. The minimum atomic E-state index is -4.02. The molecule has 0 radical (unpaired) electrons. The maximum absolute atomic E-state index is 12.5. The van der Waals surface area contributed by atoms with Gasteiger partial charge in [0.1, 0.15) is 10.3 Å². The molecule has 1 aliphatic rings. The first-order valence-electron chi connectivity index (χ1n) is 5.82. The maximum atomic E-state index is 12.5. The molecule has 2 heterocycles. The molecule has 1 aromatic heterocycles. The quantitative estimate of drug-likeness (QED) is 0.462. The Hall–Kier alpha value is -1.23. The van der Waals surface area contributed by atoms with Gasteiger partial charge in [0.25, 0.3) is 15.7 Å². The molecule has 116 valence electrons. The number of carbonyl (C=O) groups is 1. The lowest BCUT2D eigenvalue weighted by molar-refractivity contribution is -0.384. The number of thiophene rings is 1. The minimum Gasteiger partial charge on any atom is -0.468 e. The molecule has 1 fully saturated rings. The molecule has 0 aliphatic carbocycles. The van der Waals surface area contributed by atoms with Gasteiger partial charge in [-0.2, -0.15) is 4.31 Å². The van der Waals surface area contributed by atoms with Crippen LogP contribution in [0.1, 0.15) is 12.8 Å². The molecule has 0 saturated carbocycles. The van der Waals surface area contributed by atoms with E-state index < -0.39 is 32.6 Å². The van der Waals surface area contributed by atoms with E-state index >= 15 is 0 Å². The predicted octanol–water partition coefficient (Wildman–Crippen LogP) is 1.64. The van der Waals surface area contributed by atoms with Gasteiger partial charge in [-0.1, -0.05) is 11.6 Å². The molecule has 1 aliphatic heterocycles. The summed E-state index contributed by atoms with van der Waals surface area (Å²) in [5, 5.41) is 10.7. The standard InChI is InChI=1S/C10H11ClN2O6S2/c1-19-10(14)6-3-2-4-12(6)21(17,18)8-5-7(13(15)16)9(11)20-8/h5-6H,2-4H2,1H3. The highest BCUT2D eigenvalue weighted by Crippen LogP contribution is 2.39. The highest BCUT2D eigenvalue weighted by atomic mass is 35.5. The Morgan fingerprint density at radius 1 is 1.62 bits per heavy atom. The zero-order valence-electron chi connectivity index (χ0n) is 10.8. The fraction of sp³-hybridized carbons (Fsp3) is 0.500. The van der Waals surface area contributed by atoms with Crippen LogP contribution >= 0.6 is 22.9 Å². The van der Waals surface area contributed by atoms with E-state index in [9.17, 15) is 23.3 Å². The van der Waals surface area contributed by atoms with E-state index in [0.717, 1.165) is 10.4 Å². The van der Waals surface area contributed by atoms with Crippen LogP contribution in [0.25, 0.3) is 0 Å². The van der Waals surface area contributed by atoms with Crippen molar-refractivity contribution < 1.29 is 22.9 Å². The Bertz CT molecular complexity index is 686. The summed E-state index contributed by atoms with van der Waals surface area (Å²) in [6.45, 7) is 0.158. The molecular weight excluding hydrogens is 344 g/mol. The molecular formula is C10H11ClN2O6S2. The van der Waals surface area contributed by atoms with Crippen molar-refractivity contribution >= 4 is 44.6 Å². The summed E-state index contributed by atoms with van der Waals surface area (Å²) in [5.41, 5.74) is -0.464. The zero-order chi connectivity index (χ0) is 15.8. The van der Waals surface area contributed by atoms with E-state index in [1.807, 2.05) is 0 Å². The Morgan fingerprint density at radius 2 is 2.29 bits per heavy atom. The zero-order valence-corrected chi connectivity index (χ0v) is 13.2. The number of ether oxygens (including phenoxy) is 1. The highest BCUT2D eigenvalue weighted by molar-refractivity contribution is 7.91. The average molecular weight is 355 g/mol. The van der Waals surface area contributed by atoms with Gasteiger partial charge in [-0.05, 0) is 12.8 Å². The van der Waals surface area contributed by atoms with E-state index in [1.165, 1.54) is 7.11 Å². The van der Waals surface area contributed by atoms with Crippen LogP contribution < -0.4 is 0 Å². The molecule has 11 heteroatoms. The van der Waals surface area contributed by atoms with Crippen molar-refractivity contribution in [1.82, 2.24) is 4.31 Å². The summed E-state index contributed by atoms with van der Waals surface area (Å²) in [5.74, 6) is -0.645. The molecule has 1 unspecified atom stereocenters. The first-order chi connectivity index (χ1) is 9.78. The Balaban J connectivity index is 2.40. The Morgan fingerprint density at radius 3 is 2.81 bits per heavy atom. The molecule has 0 spiro atoms. The van der Waals surface area contributed by atoms with Crippen LogP contribution in [0.15, 0.2) is 10.3 Å². The number of hydrogen-bond acceptors (Lipinski definition) is 7. The number of hydrogen-bond donors (Lipinski definition) is 0. The van der Waals surface area contributed by atoms with Crippen molar-refractivity contribution in [1.29, 1.82) is 0 Å². The highest BCUT2D eigenvalue weighted by Gasteiger charge is 2.41. The molecule has 1 aromatic rings. The number of nitro groups is 1. The fourth-order valence-corrected chi connectivity index (χ4v) is 5.55. The molecule has 2 rings (SSSR count). The number of rotatable bonds is 4. The van der Waals surface area contributed by atoms with Crippen LogP contribution in [0, 0.1) is 10.1 Å². The first-order valence-corrected chi connectivity index (χ1v) is 8.46. The third-order valence-electron chi connectivity index (χ3n) is 3.08. The van der Waals surface area contributed by atoms with Gasteiger partial charge in [0.15, 0.2) is 4.34 Å². The van der Waals surface area contributed by atoms with Crippen molar-refractivity contribution in [2.75, 3.05) is 13.7 Å². The summed E-state index contributed by atoms with van der Waals surface area (Å²) in [7, 11) is -2.84. The van der Waals surface area contributed by atoms with E-state index in [0.29, 0.717) is 24.2 Å². The van der Waals surface area contributed by atoms with Gasteiger partial charge < -0.3 is 4.74 Å². The van der Waals surface area contributed by atoms with Gasteiger partial charge in [0.2, 0.25) is 0 Å². The second-order valence-corrected chi connectivity index (χ2v) is 8.05. The lowest BCUT2D eigenvalue weighted by Crippen LogP contribution is -2.40. The van der Waals surface area contributed by atoms with E-state index in [-0.39, 0.29) is 15.1 Å². The lowest BCUT2D eigenvalue weighted by atomic mass is 10.2. The summed E-state index contributed by atoms with van der Waals surface area (Å²) in [4.78, 5) is 21.6. The Kier molecular flexibility index (Phi) is 4.51. The topological polar surface area (TPSA) is 107 Å². The van der Waals surface area contributed by atoms with Gasteiger partial charge in [0.05, 0.1) is 12.0 Å². The van der Waals surface area contributed by atoms with Crippen molar-refractivity contribution in [3.63, 3.8) is 0 Å². The number of halogens is 1. The van der Waals surface area contributed by atoms with Crippen molar-refractivity contribution in [2.45, 2.75) is 23.1 Å². The molecule has 0 bridgehead atoms. The second-order valence-electron chi connectivity index (χ2n) is 4.28.